The molecule has 0 spiro atoms. The second-order valence-electron chi connectivity index (χ2n) is 3.96. The Morgan fingerprint density at radius 2 is 1.29 bits per heavy atom. The van der Waals surface area contributed by atoms with Gasteiger partial charge < -0.3 is 9.84 Å². The normalized spacial score (nSPS) is 15.6. The number of allylic oxidation sites excluding steroid dienone is 2. The first-order valence-electron chi connectivity index (χ1n) is 5.12. The molecule has 0 saturated heterocycles. The van der Waals surface area contributed by atoms with Crippen molar-refractivity contribution in [1.82, 2.24) is 0 Å². The molecular formula is C9H4F12O3. The van der Waals surface area contributed by atoms with Gasteiger partial charge in [0, 0.05) is 0 Å². The van der Waals surface area contributed by atoms with Crippen molar-refractivity contribution in [3.8, 4) is 0 Å². The number of rotatable bonds is 7. The molecule has 0 unspecified atom stereocenters. The highest BCUT2D eigenvalue weighted by Gasteiger charge is 2.83. The molecule has 0 radical (unpaired) electrons. The zero-order valence-electron chi connectivity index (χ0n) is 10.6. The van der Waals surface area contributed by atoms with E-state index in [1.165, 1.54) is 0 Å². The summed E-state index contributed by atoms with van der Waals surface area (Å²) in [6.07, 6.45) is -14.7. The summed E-state index contributed by atoms with van der Waals surface area (Å²) in [6, 6.07) is 0. The largest absolute Gasteiger partial charge is 0.480 e. The summed E-state index contributed by atoms with van der Waals surface area (Å²) in [7, 11) is 0. The summed E-state index contributed by atoms with van der Waals surface area (Å²) in [4.78, 5) is 9.85. The first-order valence-corrected chi connectivity index (χ1v) is 5.12. The molecule has 1 N–H and O–H groups in total. The standard InChI is InChI=1S/C9H4F12O3/c10-3(1-5(11,12)13)6(14,15)7(16,17)8(18,19)9(20,21)24-2-4(22)23/h1H,2H2,(H,22,23)/b3-1-. The van der Waals surface area contributed by atoms with Gasteiger partial charge in [-0.05, 0) is 0 Å². The number of halogens is 12. The molecule has 15 heteroatoms. The number of carbonyl (C=O) groups is 1. The smallest absolute Gasteiger partial charge is 0.426 e. The molecule has 0 aliphatic heterocycles. The lowest BCUT2D eigenvalue weighted by molar-refractivity contribution is -0.422. The lowest BCUT2D eigenvalue weighted by atomic mass is 10.0. The second-order valence-corrected chi connectivity index (χ2v) is 3.96. The molecule has 0 atom stereocenters. The molecule has 0 amide bonds. The van der Waals surface area contributed by atoms with Crippen LogP contribution in [0.25, 0.3) is 0 Å². The van der Waals surface area contributed by atoms with Gasteiger partial charge in [0.2, 0.25) is 0 Å². The van der Waals surface area contributed by atoms with E-state index in [-0.39, 0.29) is 0 Å². The number of alkyl halides is 11. The number of carboxylic acids is 1. The average Bonchev–Trinajstić information content (AvgIpc) is 2.33. The molecule has 0 aromatic heterocycles. The lowest BCUT2D eigenvalue weighted by Gasteiger charge is -2.35. The van der Waals surface area contributed by atoms with Gasteiger partial charge in [-0.15, -0.1) is 0 Å². The van der Waals surface area contributed by atoms with Gasteiger partial charge in [0.15, 0.2) is 12.4 Å². The maximum Gasteiger partial charge on any atom is 0.426 e. The first-order chi connectivity index (χ1) is 10.3. The van der Waals surface area contributed by atoms with E-state index in [0.29, 0.717) is 0 Å². The van der Waals surface area contributed by atoms with Crippen molar-refractivity contribution in [3.63, 3.8) is 0 Å². The summed E-state index contributed by atoms with van der Waals surface area (Å²) in [5.74, 6) is -28.3. The van der Waals surface area contributed by atoms with Crippen LogP contribution in [0.4, 0.5) is 52.7 Å². The van der Waals surface area contributed by atoms with Crippen LogP contribution in [-0.2, 0) is 9.53 Å². The Morgan fingerprint density at radius 1 is 0.875 bits per heavy atom. The number of hydrogen-bond donors (Lipinski definition) is 1. The average molecular weight is 388 g/mol. The SMILES string of the molecule is O=C(O)COC(F)(F)C(F)(F)C(F)(F)C(F)(F)/C(F)=C/C(F)(F)F. The molecule has 0 rings (SSSR count). The molecule has 0 aromatic carbocycles. The fourth-order valence-corrected chi connectivity index (χ4v) is 1.01. The van der Waals surface area contributed by atoms with Crippen molar-refractivity contribution in [3.05, 3.63) is 11.9 Å². The highest BCUT2D eigenvalue weighted by atomic mass is 19.4. The Morgan fingerprint density at radius 3 is 1.62 bits per heavy atom. The minimum atomic E-state index is -7.42. The van der Waals surface area contributed by atoms with Crippen LogP contribution in [0.1, 0.15) is 0 Å². The van der Waals surface area contributed by atoms with E-state index in [0.717, 1.165) is 0 Å². The van der Waals surface area contributed by atoms with Gasteiger partial charge in [-0.25, -0.2) is 9.18 Å². The maximum atomic E-state index is 13.0. The second kappa shape index (κ2) is 6.33. The molecule has 0 aromatic rings. The van der Waals surface area contributed by atoms with E-state index in [9.17, 15) is 57.5 Å². The predicted molar refractivity (Wildman–Crippen MR) is 48.6 cm³/mol. The number of ether oxygens (including phenoxy) is 1. The zero-order chi connectivity index (χ0) is 19.8. The number of aliphatic carboxylic acids is 1. The third-order valence-corrected chi connectivity index (χ3v) is 2.12. The highest BCUT2D eigenvalue weighted by molar-refractivity contribution is 5.68. The Balaban J connectivity index is 5.91. The van der Waals surface area contributed by atoms with E-state index < -0.39 is 54.5 Å². The van der Waals surface area contributed by atoms with Crippen molar-refractivity contribution in [2.24, 2.45) is 0 Å². The quantitative estimate of drug-likeness (QED) is 0.671. The topological polar surface area (TPSA) is 46.5 Å². The van der Waals surface area contributed by atoms with Crippen LogP contribution in [0.15, 0.2) is 11.9 Å². The van der Waals surface area contributed by atoms with E-state index in [4.69, 9.17) is 5.11 Å². The fraction of sp³-hybridized carbons (Fsp3) is 0.667. The summed E-state index contributed by atoms with van der Waals surface area (Å²) >= 11 is 0. The molecule has 142 valence electrons. The molecule has 24 heavy (non-hydrogen) atoms. The molecule has 0 aliphatic carbocycles. The molecule has 0 heterocycles. The highest BCUT2D eigenvalue weighted by Crippen LogP contribution is 2.55. The van der Waals surface area contributed by atoms with Crippen LogP contribution in [0.3, 0.4) is 0 Å². The van der Waals surface area contributed by atoms with Crippen molar-refractivity contribution in [1.29, 1.82) is 0 Å². The first kappa shape index (κ1) is 22.3. The van der Waals surface area contributed by atoms with Gasteiger partial charge in [-0.3, -0.25) is 0 Å². The summed E-state index contributed by atoms with van der Waals surface area (Å²) in [5.41, 5.74) is 0. The van der Waals surface area contributed by atoms with Crippen LogP contribution in [-0.4, -0.2) is 47.7 Å². The Labute approximate surface area is 123 Å². The van der Waals surface area contributed by atoms with Gasteiger partial charge in [-0.2, -0.15) is 48.3 Å². The van der Waals surface area contributed by atoms with Crippen LogP contribution in [0.2, 0.25) is 0 Å². The van der Waals surface area contributed by atoms with E-state index in [1.54, 1.807) is 0 Å². The minimum Gasteiger partial charge on any atom is -0.480 e. The summed E-state index contributed by atoms with van der Waals surface area (Å²) in [6.45, 7) is -2.36. The van der Waals surface area contributed by atoms with Crippen molar-refractivity contribution in [2.45, 2.75) is 30.1 Å². The van der Waals surface area contributed by atoms with E-state index >= 15 is 0 Å². The third kappa shape index (κ3) is 4.24. The Bertz CT molecular complexity index is 506. The summed E-state index contributed by atoms with van der Waals surface area (Å²) in [5, 5.41) is 7.89. The number of carboxylic acid groups (broad SMARTS) is 1. The number of hydrogen-bond acceptors (Lipinski definition) is 2. The molecule has 0 aliphatic rings. The van der Waals surface area contributed by atoms with Gasteiger partial charge in [0.05, 0.1) is 6.08 Å². The molecule has 3 nitrogen and oxygen atoms in total. The summed E-state index contributed by atoms with van der Waals surface area (Å²) < 4.78 is 153. The third-order valence-electron chi connectivity index (χ3n) is 2.12. The van der Waals surface area contributed by atoms with Crippen LogP contribution in [0.5, 0.6) is 0 Å². The van der Waals surface area contributed by atoms with E-state index in [1.807, 2.05) is 0 Å². The molecule has 0 bridgehead atoms. The fourth-order valence-electron chi connectivity index (χ4n) is 1.01. The van der Waals surface area contributed by atoms with E-state index in [2.05, 4.69) is 4.74 Å². The van der Waals surface area contributed by atoms with Gasteiger partial charge in [0.1, 0.15) is 0 Å². The Hall–Kier alpha value is -1.67. The van der Waals surface area contributed by atoms with Crippen molar-refractivity contribution < 1.29 is 67.3 Å². The minimum absolute atomic E-state index is 2.13. The zero-order valence-corrected chi connectivity index (χ0v) is 10.6. The van der Waals surface area contributed by atoms with Crippen LogP contribution >= 0.6 is 0 Å². The van der Waals surface area contributed by atoms with Crippen molar-refractivity contribution >= 4 is 5.97 Å². The van der Waals surface area contributed by atoms with Gasteiger partial charge >= 0.3 is 36.0 Å². The van der Waals surface area contributed by atoms with Crippen molar-refractivity contribution in [2.75, 3.05) is 6.61 Å². The van der Waals surface area contributed by atoms with Gasteiger partial charge in [-0.1, -0.05) is 0 Å². The monoisotopic (exact) mass is 388 g/mol. The molecular weight excluding hydrogens is 384 g/mol. The molecule has 0 saturated carbocycles. The van der Waals surface area contributed by atoms with Crippen LogP contribution in [0, 0.1) is 0 Å². The van der Waals surface area contributed by atoms with Crippen LogP contribution < -0.4 is 0 Å². The lowest BCUT2D eigenvalue weighted by Crippen LogP contribution is -2.63. The van der Waals surface area contributed by atoms with Gasteiger partial charge in [0.25, 0.3) is 0 Å². The maximum absolute atomic E-state index is 13.0. The molecule has 0 fully saturated rings. The Kier molecular flexibility index (Phi) is 5.89. The predicted octanol–water partition coefficient (Wildman–Crippen LogP) is 4.00.